The van der Waals surface area contributed by atoms with E-state index >= 15 is 0 Å². The summed E-state index contributed by atoms with van der Waals surface area (Å²) >= 11 is 2.72. The number of anilines is 1. The van der Waals surface area contributed by atoms with E-state index in [1.165, 1.54) is 35.2 Å². The molecule has 148 valence electrons. The number of benzene rings is 1. The first-order valence-corrected chi connectivity index (χ1v) is 11.2. The summed E-state index contributed by atoms with van der Waals surface area (Å²) in [5, 5.41) is 13.3. The summed E-state index contributed by atoms with van der Waals surface area (Å²) in [7, 11) is -2.85. The Kier molecular flexibility index (Phi) is 6.10. The number of halogens is 2. The van der Waals surface area contributed by atoms with Crippen LogP contribution in [0.3, 0.4) is 0 Å². The third kappa shape index (κ3) is 4.39. The van der Waals surface area contributed by atoms with Gasteiger partial charge in [-0.3, -0.25) is 4.79 Å². The minimum atomic E-state index is -4.66. The summed E-state index contributed by atoms with van der Waals surface area (Å²) in [6.07, 6.45) is 0. The maximum atomic E-state index is 12.5. The highest BCUT2D eigenvalue weighted by atomic mass is 32.2. The van der Waals surface area contributed by atoms with Crippen molar-refractivity contribution in [2.45, 2.75) is 15.8 Å². The van der Waals surface area contributed by atoms with Gasteiger partial charge in [-0.25, -0.2) is 8.42 Å². The van der Waals surface area contributed by atoms with Crippen molar-refractivity contribution in [3.8, 4) is 10.7 Å². The summed E-state index contributed by atoms with van der Waals surface area (Å²) < 4.78 is 49.6. The topological polar surface area (TPSA) is 94.0 Å². The average Bonchev–Trinajstić information content (AvgIpc) is 3.30. The van der Waals surface area contributed by atoms with Gasteiger partial charge < -0.3 is 9.88 Å². The number of hydrogen-bond donors (Lipinski definition) is 1. The lowest BCUT2D eigenvalue weighted by Crippen LogP contribution is -2.15. The Bertz CT molecular complexity index is 1070. The third-order valence-electron chi connectivity index (χ3n) is 3.61. The van der Waals surface area contributed by atoms with Crippen LogP contribution in [0.15, 0.2) is 51.8 Å². The number of thiophene rings is 1. The van der Waals surface area contributed by atoms with Crippen LogP contribution in [0, 0.1) is 0 Å². The molecule has 7 nitrogen and oxygen atoms in total. The summed E-state index contributed by atoms with van der Waals surface area (Å²) in [5.74, 6) is -3.09. The zero-order valence-electron chi connectivity index (χ0n) is 14.4. The van der Waals surface area contributed by atoms with Crippen LogP contribution >= 0.6 is 23.1 Å². The molecule has 2 heterocycles. The number of sulfone groups is 1. The largest absolute Gasteiger partial charge is 0.341 e. The average molecular weight is 445 g/mol. The molecule has 1 N–H and O–H groups in total. The molecule has 0 saturated carbocycles. The normalized spacial score (nSPS) is 11.7. The van der Waals surface area contributed by atoms with E-state index in [9.17, 15) is 22.0 Å². The Morgan fingerprint density at radius 2 is 1.96 bits per heavy atom. The number of carbonyl (C=O) groups excluding carboxylic acids is 1. The summed E-state index contributed by atoms with van der Waals surface area (Å²) in [4.78, 5) is 12.6. The molecule has 28 heavy (non-hydrogen) atoms. The van der Waals surface area contributed by atoms with Gasteiger partial charge in [-0.05, 0) is 35.7 Å². The fourth-order valence-corrected chi connectivity index (χ4v) is 4.40. The first kappa shape index (κ1) is 20.4. The minimum Gasteiger partial charge on any atom is -0.325 e. The first-order chi connectivity index (χ1) is 13.3. The Morgan fingerprint density at radius 3 is 2.57 bits per heavy atom. The number of rotatable bonds is 7. The number of nitrogens with zero attached hydrogens (tertiary/aromatic N) is 3. The lowest BCUT2D eigenvalue weighted by Gasteiger charge is -2.07. The molecular formula is C16H14F2N4O3S3. The van der Waals surface area contributed by atoms with Crippen molar-refractivity contribution >= 4 is 44.5 Å². The van der Waals surface area contributed by atoms with Gasteiger partial charge in [0.05, 0.1) is 15.5 Å². The fourth-order valence-electron chi connectivity index (χ4n) is 2.22. The molecule has 0 fully saturated rings. The molecule has 12 heteroatoms. The van der Waals surface area contributed by atoms with E-state index in [2.05, 4.69) is 15.5 Å². The highest BCUT2D eigenvalue weighted by Gasteiger charge is 2.26. The second-order valence-electron chi connectivity index (χ2n) is 5.51. The van der Waals surface area contributed by atoms with Gasteiger partial charge in [0.1, 0.15) is 0 Å². The van der Waals surface area contributed by atoms with E-state index in [0.29, 0.717) is 16.7 Å². The Labute approximate surface area is 167 Å². The molecule has 1 amide bonds. The lowest BCUT2D eigenvalue weighted by molar-refractivity contribution is -0.113. The number of aromatic nitrogens is 3. The van der Waals surface area contributed by atoms with Crippen molar-refractivity contribution in [2.24, 2.45) is 7.05 Å². The number of hydrogen-bond acceptors (Lipinski definition) is 7. The van der Waals surface area contributed by atoms with Gasteiger partial charge in [0, 0.05) is 12.7 Å². The van der Waals surface area contributed by atoms with E-state index in [4.69, 9.17) is 0 Å². The van der Waals surface area contributed by atoms with Crippen LogP contribution in [0.4, 0.5) is 14.5 Å². The van der Waals surface area contributed by atoms with E-state index < -0.39 is 20.5 Å². The van der Waals surface area contributed by atoms with Gasteiger partial charge in [0.2, 0.25) is 15.7 Å². The van der Waals surface area contributed by atoms with Crippen LogP contribution in [0.5, 0.6) is 0 Å². The van der Waals surface area contributed by atoms with Gasteiger partial charge in [0.15, 0.2) is 11.0 Å². The van der Waals surface area contributed by atoms with Gasteiger partial charge >= 0.3 is 5.76 Å². The fraction of sp³-hybridized carbons (Fsp3) is 0.188. The number of thioether (sulfide) groups is 1. The number of amides is 1. The predicted octanol–water partition coefficient (Wildman–Crippen LogP) is 3.27. The lowest BCUT2D eigenvalue weighted by atomic mass is 10.3. The maximum Gasteiger partial charge on any atom is 0.341 e. The van der Waals surface area contributed by atoms with Crippen LogP contribution in [-0.4, -0.2) is 40.6 Å². The summed E-state index contributed by atoms with van der Waals surface area (Å²) in [5.41, 5.74) is 0.302. The van der Waals surface area contributed by atoms with Crippen LogP contribution in [0.2, 0.25) is 0 Å². The summed E-state index contributed by atoms with van der Waals surface area (Å²) in [6, 6.07) is 8.41. The number of nitrogens with one attached hydrogen (secondary N) is 1. The molecule has 0 radical (unpaired) electrons. The van der Waals surface area contributed by atoms with Crippen LogP contribution < -0.4 is 5.32 Å². The quantitative estimate of drug-likeness (QED) is 0.562. The summed E-state index contributed by atoms with van der Waals surface area (Å²) in [6.45, 7) is 0. The molecule has 0 bridgehead atoms. The number of carbonyl (C=O) groups is 1. The highest BCUT2D eigenvalue weighted by Crippen LogP contribution is 2.26. The molecule has 0 atom stereocenters. The molecule has 0 unspecified atom stereocenters. The molecule has 3 rings (SSSR count). The van der Waals surface area contributed by atoms with Crippen molar-refractivity contribution in [2.75, 3.05) is 11.1 Å². The highest BCUT2D eigenvalue weighted by molar-refractivity contribution is 7.99. The third-order valence-corrected chi connectivity index (χ3v) is 6.89. The zero-order chi connectivity index (χ0) is 20.3. The van der Waals surface area contributed by atoms with E-state index in [1.807, 2.05) is 17.5 Å². The van der Waals surface area contributed by atoms with Gasteiger partial charge in [-0.2, -0.15) is 8.78 Å². The minimum absolute atomic E-state index is 0.0491. The van der Waals surface area contributed by atoms with E-state index in [-0.39, 0.29) is 11.7 Å². The van der Waals surface area contributed by atoms with Gasteiger partial charge in [-0.15, -0.1) is 21.5 Å². The molecule has 3 aromatic rings. The monoisotopic (exact) mass is 444 g/mol. The SMILES string of the molecule is Cn1c(SCC(=O)Nc2ccc(S(=O)(=O)C(F)F)cc2)nnc1-c1cccs1. The van der Waals surface area contributed by atoms with Crippen molar-refractivity contribution < 1.29 is 22.0 Å². The Hall–Kier alpha value is -2.31. The van der Waals surface area contributed by atoms with Crippen molar-refractivity contribution in [3.05, 3.63) is 41.8 Å². The van der Waals surface area contributed by atoms with Crippen LogP contribution in [-0.2, 0) is 21.7 Å². The smallest absolute Gasteiger partial charge is 0.325 e. The molecule has 0 aliphatic carbocycles. The Morgan fingerprint density at radius 1 is 1.25 bits per heavy atom. The Balaban J connectivity index is 1.59. The molecule has 0 spiro atoms. The molecule has 0 aliphatic heterocycles. The first-order valence-electron chi connectivity index (χ1n) is 7.77. The molecule has 2 aromatic heterocycles. The number of alkyl halides is 2. The van der Waals surface area contributed by atoms with Crippen molar-refractivity contribution in [3.63, 3.8) is 0 Å². The zero-order valence-corrected chi connectivity index (χ0v) is 16.8. The van der Waals surface area contributed by atoms with Crippen molar-refractivity contribution in [1.82, 2.24) is 14.8 Å². The molecule has 1 aromatic carbocycles. The van der Waals surface area contributed by atoms with E-state index in [1.54, 1.807) is 11.6 Å². The van der Waals surface area contributed by atoms with Gasteiger partial charge in [-0.1, -0.05) is 17.8 Å². The second-order valence-corrected chi connectivity index (χ2v) is 9.32. The van der Waals surface area contributed by atoms with E-state index in [0.717, 1.165) is 17.0 Å². The predicted molar refractivity (Wildman–Crippen MR) is 103 cm³/mol. The molecular weight excluding hydrogens is 430 g/mol. The molecule has 0 aliphatic rings. The second kappa shape index (κ2) is 8.37. The standard InChI is InChI=1S/C16H14F2N4O3S3/c1-22-14(12-3-2-8-26-12)20-21-16(22)27-9-13(23)19-10-4-6-11(7-5-10)28(24,25)15(17)18/h2-8,15H,9H2,1H3,(H,19,23). The van der Waals surface area contributed by atoms with Crippen molar-refractivity contribution in [1.29, 1.82) is 0 Å². The van der Waals surface area contributed by atoms with Crippen LogP contribution in [0.25, 0.3) is 10.7 Å². The van der Waals surface area contributed by atoms with Gasteiger partial charge in [0.25, 0.3) is 0 Å². The molecule has 0 saturated heterocycles. The maximum absolute atomic E-state index is 12.5. The van der Waals surface area contributed by atoms with Crippen LogP contribution in [0.1, 0.15) is 0 Å².